The molecular formula is C16H20N2O2S. The zero-order valence-corrected chi connectivity index (χ0v) is 13.0. The molecule has 2 aliphatic heterocycles. The van der Waals surface area contributed by atoms with Crippen molar-refractivity contribution in [3.63, 3.8) is 0 Å². The van der Waals surface area contributed by atoms with Crippen molar-refractivity contribution in [1.29, 1.82) is 0 Å². The fourth-order valence-electron chi connectivity index (χ4n) is 3.48. The zero-order valence-electron chi connectivity index (χ0n) is 12.2. The summed E-state index contributed by atoms with van der Waals surface area (Å²) in [5, 5.41) is 3.17. The molecule has 2 aromatic heterocycles. The smallest absolute Gasteiger partial charge is 0.121 e. The number of piperidine rings is 1. The largest absolute Gasteiger partial charge is 0.465 e. The number of likely N-dealkylation sites (tertiary alicyclic amines) is 1. The van der Waals surface area contributed by atoms with Gasteiger partial charge >= 0.3 is 0 Å². The van der Waals surface area contributed by atoms with E-state index in [-0.39, 0.29) is 6.10 Å². The Kier molecular flexibility index (Phi) is 3.57. The van der Waals surface area contributed by atoms with Gasteiger partial charge in [-0.25, -0.2) is 4.98 Å². The Labute approximate surface area is 128 Å². The normalized spacial score (nSPS) is 29.7. The first-order chi connectivity index (χ1) is 10.3. The van der Waals surface area contributed by atoms with E-state index in [1.54, 1.807) is 11.3 Å². The van der Waals surface area contributed by atoms with Crippen molar-refractivity contribution in [3.8, 4) is 0 Å². The van der Waals surface area contributed by atoms with Crippen molar-refractivity contribution < 1.29 is 9.15 Å². The molecule has 5 heteroatoms. The number of furan rings is 1. The maximum atomic E-state index is 6.26. The lowest BCUT2D eigenvalue weighted by Crippen LogP contribution is -2.41. The highest BCUT2D eigenvalue weighted by Gasteiger charge is 2.40. The summed E-state index contributed by atoms with van der Waals surface area (Å²) in [6.45, 7) is 5.03. The number of aromatic nitrogens is 1. The number of fused-ring (bicyclic) bond motifs is 1. The van der Waals surface area contributed by atoms with Crippen LogP contribution in [0.3, 0.4) is 0 Å². The van der Waals surface area contributed by atoms with Gasteiger partial charge in [0.15, 0.2) is 0 Å². The quantitative estimate of drug-likeness (QED) is 0.871. The van der Waals surface area contributed by atoms with Crippen LogP contribution in [0, 0.1) is 12.8 Å². The average Bonchev–Trinajstić information content (AvgIpc) is 3.18. The van der Waals surface area contributed by atoms with E-state index in [9.17, 15) is 0 Å². The van der Waals surface area contributed by atoms with Gasteiger partial charge in [-0.15, -0.1) is 11.3 Å². The van der Waals surface area contributed by atoms with Gasteiger partial charge in [0.2, 0.25) is 0 Å². The minimum absolute atomic E-state index is 0.214. The Balaban J connectivity index is 1.39. The molecule has 4 nitrogen and oxygen atoms in total. The van der Waals surface area contributed by atoms with Crippen molar-refractivity contribution in [2.75, 3.05) is 13.1 Å². The third-order valence-corrected chi connectivity index (χ3v) is 5.41. The number of hydrogen-bond donors (Lipinski definition) is 0. The molecule has 4 rings (SSSR count). The van der Waals surface area contributed by atoms with E-state index in [0.717, 1.165) is 42.6 Å². The molecule has 0 unspecified atom stereocenters. The topological polar surface area (TPSA) is 38.5 Å². The molecule has 0 aromatic carbocycles. The van der Waals surface area contributed by atoms with Crippen LogP contribution in [0.2, 0.25) is 0 Å². The first kappa shape index (κ1) is 13.5. The Hall–Kier alpha value is -1.17. The van der Waals surface area contributed by atoms with E-state index in [2.05, 4.69) is 16.0 Å². The van der Waals surface area contributed by atoms with Gasteiger partial charge in [0.1, 0.15) is 22.6 Å². The van der Waals surface area contributed by atoms with Crippen LogP contribution in [0.1, 0.15) is 35.5 Å². The molecule has 3 atom stereocenters. The molecule has 0 N–H and O–H groups in total. The van der Waals surface area contributed by atoms with Crippen molar-refractivity contribution in [2.45, 2.75) is 38.5 Å². The van der Waals surface area contributed by atoms with Gasteiger partial charge in [-0.05, 0) is 44.4 Å². The highest BCUT2D eigenvalue weighted by Crippen LogP contribution is 2.41. The Bertz CT molecular complexity index is 595. The summed E-state index contributed by atoms with van der Waals surface area (Å²) in [7, 11) is 0. The van der Waals surface area contributed by atoms with E-state index in [0.29, 0.717) is 12.0 Å². The SMILES string of the molecule is Cc1ccc(CN2CC[C@H]3C[C@@H](c4nccs4)O[C@@H]3C2)o1. The second-order valence-electron chi connectivity index (χ2n) is 6.07. The van der Waals surface area contributed by atoms with E-state index in [1.807, 2.05) is 24.6 Å². The summed E-state index contributed by atoms with van der Waals surface area (Å²) >= 11 is 1.71. The van der Waals surface area contributed by atoms with Crippen molar-refractivity contribution in [2.24, 2.45) is 5.92 Å². The number of nitrogens with zero attached hydrogens (tertiary/aromatic N) is 2. The predicted octanol–water partition coefficient (Wildman–Crippen LogP) is 3.40. The molecule has 0 radical (unpaired) electrons. The third-order valence-electron chi connectivity index (χ3n) is 4.54. The molecule has 2 aliphatic rings. The standard InChI is InChI=1S/C16H20N2O2S/c1-11-2-3-13(19-11)9-18-6-4-12-8-14(20-15(12)10-18)16-17-5-7-21-16/h2-3,5,7,12,14-15H,4,6,8-10H2,1H3/t12-,14-,15+/m0/s1. The van der Waals surface area contributed by atoms with Gasteiger partial charge in [-0.2, -0.15) is 0 Å². The summed E-state index contributed by atoms with van der Waals surface area (Å²) in [5.74, 6) is 2.73. The molecule has 4 heterocycles. The van der Waals surface area contributed by atoms with Gasteiger partial charge in [0, 0.05) is 18.1 Å². The molecule has 2 aromatic rings. The predicted molar refractivity (Wildman–Crippen MR) is 81.2 cm³/mol. The number of rotatable bonds is 3. The lowest BCUT2D eigenvalue weighted by molar-refractivity contribution is -0.0108. The molecular weight excluding hydrogens is 284 g/mol. The number of thiazole rings is 1. The monoisotopic (exact) mass is 304 g/mol. The summed E-state index contributed by atoms with van der Waals surface area (Å²) in [6.07, 6.45) is 4.78. The number of ether oxygens (including phenoxy) is 1. The molecule has 2 fully saturated rings. The van der Waals surface area contributed by atoms with E-state index < -0.39 is 0 Å². The van der Waals surface area contributed by atoms with Crippen LogP contribution in [0.5, 0.6) is 0 Å². The summed E-state index contributed by atoms with van der Waals surface area (Å²) < 4.78 is 11.9. The fourth-order valence-corrected chi connectivity index (χ4v) is 4.17. The van der Waals surface area contributed by atoms with Crippen LogP contribution in [-0.2, 0) is 11.3 Å². The van der Waals surface area contributed by atoms with Crippen LogP contribution < -0.4 is 0 Å². The second-order valence-corrected chi connectivity index (χ2v) is 6.99. The van der Waals surface area contributed by atoms with Crippen LogP contribution in [-0.4, -0.2) is 29.1 Å². The Morgan fingerprint density at radius 1 is 1.43 bits per heavy atom. The third kappa shape index (κ3) is 2.78. The van der Waals surface area contributed by atoms with E-state index in [4.69, 9.17) is 9.15 Å². The summed E-state index contributed by atoms with van der Waals surface area (Å²) in [6, 6.07) is 4.11. The van der Waals surface area contributed by atoms with E-state index >= 15 is 0 Å². The molecule has 0 bridgehead atoms. The molecule has 0 spiro atoms. The molecule has 112 valence electrons. The van der Waals surface area contributed by atoms with Crippen LogP contribution in [0.4, 0.5) is 0 Å². The van der Waals surface area contributed by atoms with Crippen LogP contribution in [0.15, 0.2) is 28.1 Å². The van der Waals surface area contributed by atoms with Gasteiger partial charge in [-0.1, -0.05) is 0 Å². The Morgan fingerprint density at radius 2 is 2.38 bits per heavy atom. The van der Waals surface area contributed by atoms with Crippen LogP contribution >= 0.6 is 11.3 Å². The molecule has 2 saturated heterocycles. The minimum Gasteiger partial charge on any atom is -0.465 e. The zero-order chi connectivity index (χ0) is 14.2. The molecule has 0 aliphatic carbocycles. The van der Waals surface area contributed by atoms with E-state index in [1.165, 1.54) is 6.42 Å². The number of aryl methyl sites for hydroxylation is 1. The van der Waals surface area contributed by atoms with Gasteiger partial charge in [0.25, 0.3) is 0 Å². The van der Waals surface area contributed by atoms with Crippen molar-refractivity contribution in [3.05, 3.63) is 40.2 Å². The highest BCUT2D eigenvalue weighted by atomic mass is 32.1. The number of hydrogen-bond acceptors (Lipinski definition) is 5. The van der Waals surface area contributed by atoms with Gasteiger partial charge in [0.05, 0.1) is 12.6 Å². The fraction of sp³-hybridized carbons (Fsp3) is 0.562. The summed E-state index contributed by atoms with van der Waals surface area (Å²) in [5.41, 5.74) is 0. The highest BCUT2D eigenvalue weighted by molar-refractivity contribution is 7.09. The van der Waals surface area contributed by atoms with Crippen molar-refractivity contribution >= 4 is 11.3 Å². The first-order valence-corrected chi connectivity index (χ1v) is 8.48. The Morgan fingerprint density at radius 3 is 3.14 bits per heavy atom. The average molecular weight is 304 g/mol. The van der Waals surface area contributed by atoms with Gasteiger partial charge < -0.3 is 9.15 Å². The maximum absolute atomic E-state index is 6.26. The lowest BCUT2D eigenvalue weighted by atomic mass is 9.92. The molecule has 0 amide bonds. The van der Waals surface area contributed by atoms with Crippen LogP contribution in [0.25, 0.3) is 0 Å². The van der Waals surface area contributed by atoms with Gasteiger partial charge in [-0.3, -0.25) is 4.90 Å². The van der Waals surface area contributed by atoms with Crippen molar-refractivity contribution in [1.82, 2.24) is 9.88 Å². The minimum atomic E-state index is 0.214. The first-order valence-electron chi connectivity index (χ1n) is 7.60. The maximum Gasteiger partial charge on any atom is 0.121 e. The second kappa shape index (κ2) is 5.55. The molecule has 21 heavy (non-hydrogen) atoms. The summed E-state index contributed by atoms with van der Waals surface area (Å²) in [4.78, 5) is 6.86. The molecule has 0 saturated carbocycles. The lowest BCUT2D eigenvalue weighted by Gasteiger charge is -2.33.